The average molecular weight is 252 g/mol. The number of halogens is 1. The van der Waals surface area contributed by atoms with E-state index in [0.717, 1.165) is 10.9 Å². The fraction of sp³-hybridized carbons (Fsp3) is 0.167. The number of carbonyl (C=O) groups is 2. The zero-order valence-electron chi connectivity index (χ0n) is 9.11. The third-order valence-corrected chi connectivity index (χ3v) is 2.84. The van der Waals surface area contributed by atoms with Gasteiger partial charge in [-0.15, -0.1) is 0 Å². The average Bonchev–Trinajstić information content (AvgIpc) is 2.54. The molecule has 0 atom stereocenters. The number of fused-ring (bicyclic) bond motifs is 1. The molecule has 1 aromatic heterocycles. The Kier molecular flexibility index (Phi) is 2.90. The number of carboxylic acids is 1. The Hall–Kier alpha value is -1.81. The Balaban J connectivity index is 2.52. The first kappa shape index (κ1) is 11.7. The van der Waals surface area contributed by atoms with E-state index in [1.54, 1.807) is 35.9 Å². The molecule has 0 amide bonds. The van der Waals surface area contributed by atoms with Gasteiger partial charge in [0.1, 0.15) is 6.42 Å². The van der Waals surface area contributed by atoms with Gasteiger partial charge in [-0.2, -0.15) is 0 Å². The predicted molar refractivity (Wildman–Crippen MR) is 64.5 cm³/mol. The SMILES string of the molecule is Cn1c(C(=O)CC(=O)O)cc2cc(Cl)ccc21. The van der Waals surface area contributed by atoms with E-state index in [1.165, 1.54) is 0 Å². The maximum absolute atomic E-state index is 11.7. The van der Waals surface area contributed by atoms with Crippen molar-refractivity contribution in [2.24, 2.45) is 7.05 Å². The van der Waals surface area contributed by atoms with Crippen molar-refractivity contribution in [1.82, 2.24) is 4.57 Å². The van der Waals surface area contributed by atoms with Gasteiger partial charge < -0.3 is 9.67 Å². The van der Waals surface area contributed by atoms with Crippen LogP contribution in [0.4, 0.5) is 0 Å². The summed E-state index contributed by atoms with van der Waals surface area (Å²) in [6.45, 7) is 0. The molecule has 0 aliphatic rings. The standard InChI is InChI=1S/C12H10ClNO3/c1-14-9-3-2-8(13)4-7(9)5-10(14)11(15)6-12(16)17/h2-5H,6H2,1H3,(H,16,17). The molecule has 17 heavy (non-hydrogen) atoms. The summed E-state index contributed by atoms with van der Waals surface area (Å²) in [7, 11) is 1.73. The minimum atomic E-state index is -1.13. The van der Waals surface area contributed by atoms with E-state index < -0.39 is 18.2 Å². The van der Waals surface area contributed by atoms with E-state index in [0.29, 0.717) is 10.7 Å². The van der Waals surface area contributed by atoms with Crippen LogP contribution in [0.25, 0.3) is 10.9 Å². The van der Waals surface area contributed by atoms with Crippen molar-refractivity contribution in [1.29, 1.82) is 0 Å². The number of carboxylic acid groups (broad SMARTS) is 1. The van der Waals surface area contributed by atoms with E-state index in [4.69, 9.17) is 16.7 Å². The number of ketones is 1. The summed E-state index contributed by atoms with van der Waals surface area (Å²) in [4.78, 5) is 22.2. The molecule has 0 unspecified atom stereocenters. The van der Waals surface area contributed by atoms with Gasteiger partial charge >= 0.3 is 5.97 Å². The van der Waals surface area contributed by atoms with E-state index in [2.05, 4.69) is 0 Å². The van der Waals surface area contributed by atoms with Crippen LogP contribution >= 0.6 is 11.6 Å². The van der Waals surface area contributed by atoms with Gasteiger partial charge in [-0.05, 0) is 24.3 Å². The number of aryl methyl sites for hydroxylation is 1. The second-order valence-electron chi connectivity index (χ2n) is 3.79. The predicted octanol–water partition coefficient (Wildman–Crippen LogP) is 2.49. The molecule has 2 rings (SSSR count). The first-order valence-corrected chi connectivity index (χ1v) is 5.37. The zero-order chi connectivity index (χ0) is 12.6. The number of hydrogen-bond donors (Lipinski definition) is 1. The maximum Gasteiger partial charge on any atom is 0.311 e. The van der Waals surface area contributed by atoms with E-state index in [1.807, 2.05) is 0 Å². The van der Waals surface area contributed by atoms with Crippen molar-refractivity contribution >= 4 is 34.3 Å². The molecular formula is C12H10ClNO3. The van der Waals surface area contributed by atoms with Gasteiger partial charge in [0.15, 0.2) is 5.78 Å². The highest BCUT2D eigenvalue weighted by Crippen LogP contribution is 2.23. The molecule has 5 heteroatoms. The summed E-state index contributed by atoms with van der Waals surface area (Å²) in [5, 5.41) is 10.0. The summed E-state index contributed by atoms with van der Waals surface area (Å²) in [6.07, 6.45) is -0.502. The topological polar surface area (TPSA) is 59.3 Å². The molecule has 1 heterocycles. The smallest absolute Gasteiger partial charge is 0.311 e. The molecular weight excluding hydrogens is 242 g/mol. The number of benzene rings is 1. The highest BCUT2D eigenvalue weighted by atomic mass is 35.5. The van der Waals surface area contributed by atoms with Gasteiger partial charge in [0.05, 0.1) is 5.69 Å². The van der Waals surface area contributed by atoms with Crippen molar-refractivity contribution in [2.45, 2.75) is 6.42 Å². The highest BCUT2D eigenvalue weighted by Gasteiger charge is 2.16. The number of carbonyl (C=O) groups excluding carboxylic acids is 1. The van der Waals surface area contributed by atoms with Crippen LogP contribution < -0.4 is 0 Å². The fourth-order valence-electron chi connectivity index (χ4n) is 1.82. The van der Waals surface area contributed by atoms with Gasteiger partial charge in [-0.25, -0.2) is 0 Å². The van der Waals surface area contributed by atoms with Crippen molar-refractivity contribution in [3.8, 4) is 0 Å². The van der Waals surface area contributed by atoms with Gasteiger partial charge in [0.25, 0.3) is 0 Å². The van der Waals surface area contributed by atoms with Crippen LogP contribution in [0.1, 0.15) is 16.9 Å². The third-order valence-electron chi connectivity index (χ3n) is 2.60. The van der Waals surface area contributed by atoms with Crippen molar-refractivity contribution in [2.75, 3.05) is 0 Å². The number of aliphatic carboxylic acids is 1. The monoisotopic (exact) mass is 251 g/mol. The molecule has 0 spiro atoms. The Bertz CT molecular complexity index is 615. The van der Waals surface area contributed by atoms with Crippen LogP contribution in [0.15, 0.2) is 24.3 Å². The molecule has 1 N–H and O–H groups in total. The molecule has 1 aromatic carbocycles. The van der Waals surface area contributed by atoms with Crippen LogP contribution in [0, 0.1) is 0 Å². The lowest BCUT2D eigenvalue weighted by molar-refractivity contribution is -0.135. The van der Waals surface area contributed by atoms with Crippen LogP contribution in [0.2, 0.25) is 5.02 Å². The Morgan fingerprint density at radius 1 is 1.35 bits per heavy atom. The van der Waals surface area contributed by atoms with Crippen LogP contribution in [-0.4, -0.2) is 21.4 Å². The summed E-state index contributed by atoms with van der Waals surface area (Å²) in [5.41, 5.74) is 1.23. The minimum absolute atomic E-state index is 0.379. The van der Waals surface area contributed by atoms with Gasteiger partial charge in [-0.3, -0.25) is 9.59 Å². The molecule has 0 radical (unpaired) electrons. The first-order valence-electron chi connectivity index (χ1n) is 4.99. The number of nitrogens with zero attached hydrogens (tertiary/aromatic N) is 1. The zero-order valence-corrected chi connectivity index (χ0v) is 9.86. The van der Waals surface area contributed by atoms with Crippen molar-refractivity contribution in [3.63, 3.8) is 0 Å². The first-order chi connectivity index (χ1) is 7.99. The van der Waals surface area contributed by atoms with E-state index in [-0.39, 0.29) is 0 Å². The molecule has 2 aromatic rings. The van der Waals surface area contributed by atoms with Gasteiger partial charge in [-0.1, -0.05) is 11.6 Å². The van der Waals surface area contributed by atoms with Crippen LogP contribution in [-0.2, 0) is 11.8 Å². The molecule has 0 aliphatic carbocycles. The Labute approximate surface area is 102 Å². The second-order valence-corrected chi connectivity index (χ2v) is 4.22. The molecule has 0 aliphatic heterocycles. The van der Waals surface area contributed by atoms with E-state index >= 15 is 0 Å². The number of hydrogen-bond acceptors (Lipinski definition) is 2. The second kappa shape index (κ2) is 4.22. The van der Waals surface area contributed by atoms with E-state index in [9.17, 15) is 9.59 Å². The lowest BCUT2D eigenvalue weighted by Gasteiger charge is -2.01. The third kappa shape index (κ3) is 2.17. The molecule has 0 saturated heterocycles. The van der Waals surface area contributed by atoms with Gasteiger partial charge in [0.2, 0.25) is 0 Å². The Morgan fingerprint density at radius 2 is 2.06 bits per heavy atom. The lowest BCUT2D eigenvalue weighted by atomic mass is 10.2. The molecule has 0 fully saturated rings. The summed E-state index contributed by atoms with van der Waals surface area (Å²) >= 11 is 5.86. The van der Waals surface area contributed by atoms with Crippen LogP contribution in [0.5, 0.6) is 0 Å². The molecule has 88 valence electrons. The van der Waals surface area contributed by atoms with Crippen LogP contribution in [0.3, 0.4) is 0 Å². The lowest BCUT2D eigenvalue weighted by Crippen LogP contribution is -2.10. The molecule has 0 bridgehead atoms. The summed E-state index contributed by atoms with van der Waals surface area (Å²) < 4.78 is 1.68. The number of aromatic nitrogens is 1. The van der Waals surface area contributed by atoms with Crippen molar-refractivity contribution < 1.29 is 14.7 Å². The maximum atomic E-state index is 11.7. The minimum Gasteiger partial charge on any atom is -0.481 e. The number of Topliss-reactive ketones (excluding diaryl/α,β-unsaturated/α-hetero) is 1. The molecule has 4 nitrogen and oxygen atoms in total. The highest BCUT2D eigenvalue weighted by molar-refractivity contribution is 6.31. The van der Waals surface area contributed by atoms with Gasteiger partial charge in [0, 0.05) is 23.0 Å². The fourth-order valence-corrected chi connectivity index (χ4v) is 2.00. The molecule has 0 saturated carbocycles. The Morgan fingerprint density at radius 3 is 2.71 bits per heavy atom. The largest absolute Gasteiger partial charge is 0.481 e. The number of rotatable bonds is 3. The normalized spacial score (nSPS) is 10.7. The summed E-state index contributed by atoms with van der Waals surface area (Å²) in [5.74, 6) is -1.54. The summed E-state index contributed by atoms with van der Waals surface area (Å²) in [6, 6.07) is 6.94. The quantitative estimate of drug-likeness (QED) is 0.673. The van der Waals surface area contributed by atoms with Crippen molar-refractivity contribution in [3.05, 3.63) is 35.0 Å².